The van der Waals surface area contributed by atoms with Crippen molar-refractivity contribution in [3.63, 3.8) is 0 Å². The molecular formula is C19H36O4. The van der Waals surface area contributed by atoms with Gasteiger partial charge in [0.1, 0.15) is 0 Å². The van der Waals surface area contributed by atoms with Gasteiger partial charge in [0.2, 0.25) is 0 Å². The molecule has 136 valence electrons. The van der Waals surface area contributed by atoms with Gasteiger partial charge < -0.3 is 14.9 Å². The lowest BCUT2D eigenvalue weighted by Gasteiger charge is -2.22. The first-order valence-electron chi connectivity index (χ1n) is 9.17. The van der Waals surface area contributed by atoms with E-state index >= 15 is 0 Å². The fourth-order valence-electron chi connectivity index (χ4n) is 3.46. The molecule has 1 rings (SSSR count). The van der Waals surface area contributed by atoms with Crippen LogP contribution in [0.3, 0.4) is 0 Å². The van der Waals surface area contributed by atoms with Gasteiger partial charge in [-0.2, -0.15) is 0 Å². The van der Waals surface area contributed by atoms with E-state index in [0.717, 1.165) is 45.1 Å². The van der Waals surface area contributed by atoms with Gasteiger partial charge in [0.15, 0.2) is 0 Å². The Morgan fingerprint density at radius 3 is 2.30 bits per heavy atom. The zero-order chi connectivity index (χ0) is 17.3. The second kappa shape index (κ2) is 9.63. The van der Waals surface area contributed by atoms with Crippen LogP contribution in [0.4, 0.5) is 0 Å². The first-order valence-corrected chi connectivity index (χ1v) is 9.17. The predicted octanol–water partition coefficient (Wildman–Crippen LogP) is 4.40. The molecule has 1 saturated carbocycles. The van der Waals surface area contributed by atoms with E-state index in [4.69, 9.17) is 9.84 Å². The van der Waals surface area contributed by atoms with Crippen LogP contribution in [0.1, 0.15) is 84.5 Å². The summed E-state index contributed by atoms with van der Waals surface area (Å²) in [7, 11) is 1.78. The van der Waals surface area contributed by atoms with Crippen molar-refractivity contribution in [2.24, 2.45) is 10.8 Å². The van der Waals surface area contributed by atoms with E-state index in [-0.39, 0.29) is 17.9 Å². The highest BCUT2D eigenvalue weighted by molar-refractivity contribution is 5.67. The summed E-state index contributed by atoms with van der Waals surface area (Å²) < 4.78 is 5.28. The molecule has 0 spiro atoms. The van der Waals surface area contributed by atoms with Gasteiger partial charge in [-0.1, -0.05) is 39.5 Å². The van der Waals surface area contributed by atoms with Gasteiger partial charge in [-0.05, 0) is 49.4 Å². The third kappa shape index (κ3) is 9.31. The smallest absolute Gasteiger partial charge is 0.303 e. The van der Waals surface area contributed by atoms with E-state index in [9.17, 15) is 9.90 Å². The summed E-state index contributed by atoms with van der Waals surface area (Å²) in [6.07, 6.45) is 10.8. The molecule has 0 aromatic rings. The molecule has 1 aliphatic carbocycles. The molecule has 1 atom stereocenters. The second-order valence-electron chi connectivity index (χ2n) is 8.31. The molecule has 0 radical (unpaired) electrons. The van der Waals surface area contributed by atoms with Crippen molar-refractivity contribution < 1.29 is 19.7 Å². The van der Waals surface area contributed by atoms with E-state index < -0.39 is 5.97 Å². The Hall–Kier alpha value is -0.610. The molecule has 1 fully saturated rings. The maximum atomic E-state index is 10.8. The van der Waals surface area contributed by atoms with Crippen LogP contribution < -0.4 is 0 Å². The van der Waals surface area contributed by atoms with Gasteiger partial charge in [-0.25, -0.2) is 0 Å². The van der Waals surface area contributed by atoms with Crippen LogP contribution in [0.2, 0.25) is 0 Å². The van der Waals surface area contributed by atoms with Gasteiger partial charge in [0.05, 0.1) is 19.1 Å². The Balaban J connectivity index is 2.00. The molecule has 0 saturated heterocycles. The zero-order valence-corrected chi connectivity index (χ0v) is 15.3. The van der Waals surface area contributed by atoms with Gasteiger partial charge in [0, 0.05) is 7.11 Å². The van der Waals surface area contributed by atoms with E-state index in [1.54, 1.807) is 7.11 Å². The van der Waals surface area contributed by atoms with Crippen LogP contribution in [-0.2, 0) is 9.53 Å². The van der Waals surface area contributed by atoms with Crippen molar-refractivity contribution >= 4 is 5.97 Å². The summed E-state index contributed by atoms with van der Waals surface area (Å²) in [6, 6.07) is 0. The van der Waals surface area contributed by atoms with Crippen LogP contribution in [0.5, 0.6) is 0 Å². The van der Waals surface area contributed by atoms with Crippen LogP contribution >= 0.6 is 0 Å². The number of carboxylic acids is 1. The number of carbonyl (C=O) groups is 1. The van der Waals surface area contributed by atoms with Crippen molar-refractivity contribution in [3.05, 3.63) is 0 Å². The summed E-state index contributed by atoms with van der Waals surface area (Å²) in [5.41, 5.74) is 0.326. The molecule has 0 heterocycles. The lowest BCUT2D eigenvalue weighted by atomic mass is 9.83. The number of hydrogen-bond donors (Lipinski definition) is 2. The van der Waals surface area contributed by atoms with E-state index in [2.05, 4.69) is 0 Å². The number of hydrogen-bond acceptors (Lipinski definition) is 3. The molecule has 4 nitrogen and oxygen atoms in total. The maximum absolute atomic E-state index is 10.8. The second-order valence-corrected chi connectivity index (χ2v) is 8.31. The van der Waals surface area contributed by atoms with Crippen LogP contribution in [0, 0.1) is 10.8 Å². The first-order chi connectivity index (χ1) is 10.8. The number of methoxy groups -OCH3 is 1. The molecule has 1 unspecified atom stereocenters. The highest BCUT2D eigenvalue weighted by Crippen LogP contribution is 2.50. The van der Waals surface area contributed by atoms with Crippen molar-refractivity contribution in [2.45, 2.75) is 90.6 Å². The highest BCUT2D eigenvalue weighted by Gasteiger charge is 2.41. The minimum atomic E-state index is -0.725. The maximum Gasteiger partial charge on any atom is 0.303 e. The standard InChI is InChI=1S/C19H36O4/c1-18(2,14-17(21)22)10-6-4-8-16(20)9-5-7-11-19(12-13-19)15-23-3/h16,20H,4-15H2,1-3H3,(H,21,22). The molecule has 0 aromatic heterocycles. The molecule has 4 heteroatoms. The molecule has 1 aliphatic rings. The van der Waals surface area contributed by atoms with Crippen LogP contribution in [0.15, 0.2) is 0 Å². The number of aliphatic hydroxyl groups is 1. The fourth-order valence-corrected chi connectivity index (χ4v) is 3.46. The van der Waals surface area contributed by atoms with Crippen LogP contribution in [0.25, 0.3) is 0 Å². The monoisotopic (exact) mass is 328 g/mol. The Kier molecular flexibility index (Phi) is 8.56. The topological polar surface area (TPSA) is 66.8 Å². The van der Waals surface area contributed by atoms with Crippen molar-refractivity contribution in [1.82, 2.24) is 0 Å². The number of carboxylic acid groups (broad SMARTS) is 1. The van der Waals surface area contributed by atoms with Gasteiger partial charge in [-0.15, -0.1) is 0 Å². The Morgan fingerprint density at radius 2 is 1.78 bits per heavy atom. The van der Waals surface area contributed by atoms with Crippen molar-refractivity contribution in [3.8, 4) is 0 Å². The van der Waals surface area contributed by atoms with Crippen molar-refractivity contribution in [1.29, 1.82) is 0 Å². The van der Waals surface area contributed by atoms with E-state index in [1.165, 1.54) is 25.7 Å². The number of ether oxygens (including phenoxy) is 1. The van der Waals surface area contributed by atoms with Gasteiger partial charge >= 0.3 is 5.97 Å². The summed E-state index contributed by atoms with van der Waals surface area (Å²) in [5.74, 6) is -0.725. The number of unbranched alkanes of at least 4 members (excludes halogenated alkanes) is 2. The molecule has 23 heavy (non-hydrogen) atoms. The average Bonchev–Trinajstić information content (AvgIpc) is 3.19. The normalized spacial score (nSPS) is 17.9. The minimum Gasteiger partial charge on any atom is -0.481 e. The molecule has 0 aromatic carbocycles. The minimum absolute atomic E-state index is 0.142. The molecule has 0 amide bonds. The quantitative estimate of drug-likeness (QED) is 0.464. The summed E-state index contributed by atoms with van der Waals surface area (Å²) in [6.45, 7) is 4.90. The Labute approximate surface area is 141 Å². The van der Waals surface area contributed by atoms with Crippen molar-refractivity contribution in [2.75, 3.05) is 13.7 Å². The number of rotatable bonds is 14. The van der Waals surface area contributed by atoms with E-state index in [1.807, 2.05) is 13.8 Å². The van der Waals surface area contributed by atoms with Gasteiger partial charge in [-0.3, -0.25) is 4.79 Å². The third-order valence-corrected chi connectivity index (χ3v) is 5.17. The SMILES string of the molecule is COCC1(CCCCC(O)CCCCC(C)(C)CC(=O)O)CC1. The molecule has 0 aliphatic heterocycles. The summed E-state index contributed by atoms with van der Waals surface area (Å²) >= 11 is 0. The highest BCUT2D eigenvalue weighted by atomic mass is 16.5. The molecule has 2 N–H and O–H groups in total. The number of aliphatic carboxylic acids is 1. The Bertz CT molecular complexity index is 347. The third-order valence-electron chi connectivity index (χ3n) is 5.17. The molecular weight excluding hydrogens is 292 g/mol. The lowest BCUT2D eigenvalue weighted by molar-refractivity contribution is -0.139. The largest absolute Gasteiger partial charge is 0.481 e. The number of aliphatic hydroxyl groups excluding tert-OH is 1. The predicted molar refractivity (Wildman–Crippen MR) is 92.5 cm³/mol. The Morgan fingerprint density at radius 1 is 1.17 bits per heavy atom. The fraction of sp³-hybridized carbons (Fsp3) is 0.947. The summed E-state index contributed by atoms with van der Waals surface area (Å²) in [4.78, 5) is 10.8. The molecule has 0 bridgehead atoms. The van der Waals surface area contributed by atoms with E-state index in [0.29, 0.717) is 5.41 Å². The lowest BCUT2D eigenvalue weighted by Crippen LogP contribution is -2.17. The average molecular weight is 328 g/mol. The zero-order valence-electron chi connectivity index (χ0n) is 15.3. The van der Waals surface area contributed by atoms with Crippen LogP contribution in [-0.4, -0.2) is 36.0 Å². The van der Waals surface area contributed by atoms with Gasteiger partial charge in [0.25, 0.3) is 0 Å². The summed E-state index contributed by atoms with van der Waals surface area (Å²) in [5, 5.41) is 18.9. The first kappa shape index (κ1) is 20.4.